The van der Waals surface area contributed by atoms with E-state index in [-0.39, 0.29) is 13.1 Å². The summed E-state index contributed by atoms with van der Waals surface area (Å²) < 4.78 is 36.6. The molecule has 2 N–H and O–H groups in total. The van der Waals surface area contributed by atoms with Gasteiger partial charge in [-0.2, -0.15) is 13.2 Å². The Kier molecular flexibility index (Phi) is 4.56. The predicted molar refractivity (Wildman–Crippen MR) is 65.5 cm³/mol. The van der Waals surface area contributed by atoms with E-state index in [2.05, 4.69) is 4.98 Å². The number of nitrogens with two attached hydrogens (primary N) is 1. The number of hydrogen-bond acceptors (Lipinski definition) is 3. The van der Waals surface area contributed by atoms with Crippen molar-refractivity contribution < 1.29 is 13.2 Å². The molecular weight excluding hydrogens is 243 g/mol. The summed E-state index contributed by atoms with van der Waals surface area (Å²) in [6.45, 7) is 3.85. The van der Waals surface area contributed by atoms with Crippen LogP contribution in [0.1, 0.15) is 23.2 Å². The largest absolute Gasteiger partial charge is 0.390 e. The van der Waals surface area contributed by atoms with Gasteiger partial charge in [0.05, 0.1) is 6.42 Å². The van der Waals surface area contributed by atoms with Crippen LogP contribution < -0.4 is 10.6 Å². The zero-order chi connectivity index (χ0) is 13.9. The normalized spacial score (nSPS) is 11.7. The first kappa shape index (κ1) is 14.8. The van der Waals surface area contributed by atoms with E-state index in [1.807, 2.05) is 19.9 Å². The number of anilines is 1. The molecule has 0 unspecified atom stereocenters. The summed E-state index contributed by atoms with van der Waals surface area (Å²) in [5.41, 5.74) is 8.16. The second kappa shape index (κ2) is 5.56. The van der Waals surface area contributed by atoms with Gasteiger partial charge in [-0.25, -0.2) is 4.98 Å². The molecule has 0 spiro atoms. The minimum atomic E-state index is -4.16. The number of aryl methyl sites for hydroxylation is 2. The van der Waals surface area contributed by atoms with E-state index < -0.39 is 12.6 Å². The van der Waals surface area contributed by atoms with Crippen molar-refractivity contribution in [2.45, 2.75) is 33.0 Å². The first-order chi connectivity index (χ1) is 8.24. The van der Waals surface area contributed by atoms with E-state index >= 15 is 0 Å². The van der Waals surface area contributed by atoms with Crippen molar-refractivity contribution in [3.05, 3.63) is 22.9 Å². The molecule has 0 bridgehead atoms. The third-order valence-corrected chi connectivity index (χ3v) is 2.75. The van der Waals surface area contributed by atoms with Crippen molar-refractivity contribution in [2.24, 2.45) is 5.73 Å². The number of halogens is 3. The molecule has 1 heterocycles. The monoisotopic (exact) mass is 261 g/mol. The zero-order valence-corrected chi connectivity index (χ0v) is 10.8. The highest BCUT2D eigenvalue weighted by molar-refractivity contribution is 5.51. The summed E-state index contributed by atoms with van der Waals surface area (Å²) in [5.74, 6) is 0.541. The highest BCUT2D eigenvalue weighted by atomic mass is 19.4. The number of aromatic nitrogens is 1. The molecule has 0 amide bonds. The molecule has 0 saturated carbocycles. The van der Waals surface area contributed by atoms with Crippen molar-refractivity contribution in [1.82, 2.24) is 4.98 Å². The van der Waals surface area contributed by atoms with Gasteiger partial charge in [-0.05, 0) is 25.5 Å². The summed E-state index contributed by atoms with van der Waals surface area (Å²) in [6, 6.07) is 1.88. The van der Waals surface area contributed by atoms with Crippen LogP contribution in [0.4, 0.5) is 19.0 Å². The maximum Gasteiger partial charge on any atom is 0.390 e. The minimum absolute atomic E-state index is 0.119. The van der Waals surface area contributed by atoms with Crippen molar-refractivity contribution in [3.8, 4) is 0 Å². The average Bonchev–Trinajstić information content (AvgIpc) is 2.24. The molecule has 102 valence electrons. The van der Waals surface area contributed by atoms with Crippen molar-refractivity contribution in [1.29, 1.82) is 0 Å². The third kappa shape index (κ3) is 3.87. The molecule has 3 nitrogen and oxygen atoms in total. The number of hydrogen-bond donors (Lipinski definition) is 1. The molecular formula is C12H18F3N3. The fourth-order valence-corrected chi connectivity index (χ4v) is 1.81. The van der Waals surface area contributed by atoms with E-state index in [0.717, 1.165) is 16.8 Å². The molecule has 6 heteroatoms. The molecule has 0 aliphatic carbocycles. The van der Waals surface area contributed by atoms with Gasteiger partial charge in [-0.15, -0.1) is 0 Å². The van der Waals surface area contributed by atoms with Crippen LogP contribution in [-0.2, 0) is 6.54 Å². The van der Waals surface area contributed by atoms with Gasteiger partial charge in [-0.1, -0.05) is 0 Å². The number of pyridine rings is 1. The van der Waals surface area contributed by atoms with Gasteiger partial charge in [0.15, 0.2) is 0 Å². The fourth-order valence-electron chi connectivity index (χ4n) is 1.81. The lowest BCUT2D eigenvalue weighted by atomic mass is 10.1. The second-order valence-corrected chi connectivity index (χ2v) is 4.37. The maximum atomic E-state index is 12.2. The quantitative estimate of drug-likeness (QED) is 0.905. The van der Waals surface area contributed by atoms with Crippen molar-refractivity contribution in [3.63, 3.8) is 0 Å². The van der Waals surface area contributed by atoms with E-state index in [0.29, 0.717) is 5.82 Å². The first-order valence-electron chi connectivity index (χ1n) is 5.69. The summed E-state index contributed by atoms with van der Waals surface area (Å²) in [5, 5.41) is 0. The molecule has 0 fully saturated rings. The molecule has 0 aliphatic rings. The average molecular weight is 261 g/mol. The highest BCUT2D eigenvalue weighted by Crippen LogP contribution is 2.24. The molecule has 1 aromatic rings. The van der Waals surface area contributed by atoms with Crippen LogP contribution >= 0.6 is 0 Å². The zero-order valence-electron chi connectivity index (χ0n) is 10.8. The van der Waals surface area contributed by atoms with E-state index in [1.165, 1.54) is 4.90 Å². The van der Waals surface area contributed by atoms with Gasteiger partial charge in [0.2, 0.25) is 0 Å². The van der Waals surface area contributed by atoms with Crippen LogP contribution in [0.25, 0.3) is 0 Å². The standard InChI is InChI=1S/C12H18F3N3/c1-8-6-9(2)17-11(10(8)7-16)18(3)5-4-12(13,14)15/h6H,4-5,7,16H2,1-3H3. The van der Waals surface area contributed by atoms with Gasteiger partial charge in [0.25, 0.3) is 0 Å². The lowest BCUT2D eigenvalue weighted by Crippen LogP contribution is -2.26. The Morgan fingerprint density at radius 2 is 1.94 bits per heavy atom. The molecule has 0 saturated heterocycles. The van der Waals surface area contributed by atoms with Gasteiger partial charge in [0.1, 0.15) is 5.82 Å². The molecule has 18 heavy (non-hydrogen) atoms. The third-order valence-electron chi connectivity index (χ3n) is 2.75. The Hall–Kier alpha value is -1.30. The SMILES string of the molecule is Cc1cc(C)c(CN)c(N(C)CCC(F)(F)F)n1. The summed E-state index contributed by atoms with van der Waals surface area (Å²) >= 11 is 0. The van der Waals surface area contributed by atoms with E-state index in [9.17, 15) is 13.2 Å². The molecule has 0 radical (unpaired) electrons. The highest BCUT2D eigenvalue weighted by Gasteiger charge is 2.27. The first-order valence-corrected chi connectivity index (χ1v) is 5.69. The number of nitrogens with zero attached hydrogens (tertiary/aromatic N) is 2. The van der Waals surface area contributed by atoms with Crippen LogP contribution in [0.3, 0.4) is 0 Å². The van der Waals surface area contributed by atoms with E-state index in [4.69, 9.17) is 5.73 Å². The maximum absolute atomic E-state index is 12.2. The van der Waals surface area contributed by atoms with Crippen LogP contribution in [0.2, 0.25) is 0 Å². The molecule has 0 aliphatic heterocycles. The topological polar surface area (TPSA) is 42.1 Å². The number of alkyl halides is 3. The van der Waals surface area contributed by atoms with E-state index in [1.54, 1.807) is 7.05 Å². The second-order valence-electron chi connectivity index (χ2n) is 4.37. The summed E-state index contributed by atoms with van der Waals surface area (Å²) in [4.78, 5) is 5.79. The lowest BCUT2D eigenvalue weighted by molar-refractivity contribution is -0.132. The van der Waals surface area contributed by atoms with Gasteiger partial charge in [-0.3, -0.25) is 0 Å². The molecule has 0 atom stereocenters. The summed E-state index contributed by atoms with van der Waals surface area (Å²) in [6.07, 6.45) is -5.02. The smallest absolute Gasteiger partial charge is 0.359 e. The molecule has 1 rings (SSSR count). The van der Waals surface area contributed by atoms with Gasteiger partial charge < -0.3 is 10.6 Å². The predicted octanol–water partition coefficient (Wildman–Crippen LogP) is 2.55. The van der Waals surface area contributed by atoms with Crippen LogP contribution in [-0.4, -0.2) is 24.8 Å². The van der Waals surface area contributed by atoms with Gasteiger partial charge >= 0.3 is 6.18 Å². The Morgan fingerprint density at radius 3 is 2.44 bits per heavy atom. The molecule has 0 aromatic carbocycles. The van der Waals surface area contributed by atoms with Crippen LogP contribution in [0, 0.1) is 13.8 Å². The Bertz CT molecular complexity index is 416. The van der Waals surface area contributed by atoms with Crippen LogP contribution in [0.15, 0.2) is 6.07 Å². The van der Waals surface area contributed by atoms with Gasteiger partial charge in [0, 0.05) is 31.4 Å². The Balaban J connectivity index is 2.94. The van der Waals surface area contributed by atoms with Crippen molar-refractivity contribution >= 4 is 5.82 Å². The minimum Gasteiger partial charge on any atom is -0.359 e. The Labute approximate surface area is 105 Å². The van der Waals surface area contributed by atoms with Crippen molar-refractivity contribution in [2.75, 3.05) is 18.5 Å². The summed E-state index contributed by atoms with van der Waals surface area (Å²) in [7, 11) is 1.60. The van der Waals surface area contributed by atoms with Crippen LogP contribution in [0.5, 0.6) is 0 Å². The fraction of sp³-hybridized carbons (Fsp3) is 0.583. The number of rotatable bonds is 4. The lowest BCUT2D eigenvalue weighted by Gasteiger charge is -2.23. The molecule has 1 aromatic heterocycles. The Morgan fingerprint density at radius 1 is 1.33 bits per heavy atom.